The van der Waals surface area contributed by atoms with Gasteiger partial charge in [0.15, 0.2) is 17.5 Å². The van der Waals surface area contributed by atoms with E-state index in [0.717, 1.165) is 17.7 Å². The summed E-state index contributed by atoms with van der Waals surface area (Å²) in [4.78, 5) is 11.7. The van der Waals surface area contributed by atoms with Gasteiger partial charge < -0.3 is 10.1 Å². The monoisotopic (exact) mass is 309 g/mol. The molecule has 1 amide bonds. The standard InChI is InChI=1S/C16H14F3NO2/c1-22-11-5-2-10(3-6-11)4-9-14(21)20-13-8-7-12(17)15(18)16(13)19/h2-3,5-8H,4,9H2,1H3,(H,20,21). The average Bonchev–Trinajstić information content (AvgIpc) is 2.54. The summed E-state index contributed by atoms with van der Waals surface area (Å²) in [5, 5.41) is 2.23. The van der Waals surface area contributed by atoms with Crippen LogP contribution >= 0.6 is 0 Å². The topological polar surface area (TPSA) is 38.3 Å². The van der Waals surface area contributed by atoms with Gasteiger partial charge >= 0.3 is 0 Å². The molecule has 2 rings (SSSR count). The Labute approximate surface area is 125 Å². The van der Waals surface area contributed by atoms with Crippen LogP contribution in [0, 0.1) is 17.5 Å². The molecule has 0 saturated heterocycles. The smallest absolute Gasteiger partial charge is 0.224 e. The van der Waals surface area contributed by atoms with Crippen molar-refractivity contribution < 1.29 is 22.7 Å². The summed E-state index contributed by atoms with van der Waals surface area (Å²) in [6, 6.07) is 8.90. The summed E-state index contributed by atoms with van der Waals surface area (Å²) in [5.74, 6) is -4.09. The number of ether oxygens (including phenoxy) is 1. The molecule has 0 aromatic heterocycles. The van der Waals surface area contributed by atoms with E-state index in [4.69, 9.17) is 4.74 Å². The molecule has 2 aromatic carbocycles. The van der Waals surface area contributed by atoms with Crippen LogP contribution in [-0.4, -0.2) is 13.0 Å². The maximum atomic E-state index is 13.4. The number of hydrogen-bond acceptors (Lipinski definition) is 2. The lowest BCUT2D eigenvalue weighted by molar-refractivity contribution is -0.116. The zero-order valence-electron chi connectivity index (χ0n) is 11.8. The van der Waals surface area contributed by atoms with Gasteiger partial charge in [-0.1, -0.05) is 12.1 Å². The van der Waals surface area contributed by atoms with Crippen molar-refractivity contribution >= 4 is 11.6 Å². The Morgan fingerprint density at radius 1 is 1.05 bits per heavy atom. The minimum absolute atomic E-state index is 0.0881. The third-order valence-corrected chi connectivity index (χ3v) is 3.11. The highest BCUT2D eigenvalue weighted by molar-refractivity contribution is 5.90. The first-order chi connectivity index (χ1) is 10.5. The zero-order valence-corrected chi connectivity index (χ0v) is 11.8. The summed E-state index contributed by atoms with van der Waals surface area (Å²) in [6.07, 6.45) is 0.520. The van der Waals surface area contributed by atoms with Crippen LogP contribution in [0.25, 0.3) is 0 Å². The van der Waals surface area contributed by atoms with Crippen LogP contribution in [0.15, 0.2) is 36.4 Å². The van der Waals surface area contributed by atoms with Crippen molar-refractivity contribution in [3.8, 4) is 5.75 Å². The predicted molar refractivity (Wildman–Crippen MR) is 76.3 cm³/mol. The van der Waals surface area contributed by atoms with E-state index in [1.54, 1.807) is 19.2 Å². The fraction of sp³-hybridized carbons (Fsp3) is 0.188. The predicted octanol–water partition coefficient (Wildman–Crippen LogP) is 3.68. The summed E-state index contributed by atoms with van der Waals surface area (Å²) in [7, 11) is 1.55. The zero-order chi connectivity index (χ0) is 16.1. The third-order valence-electron chi connectivity index (χ3n) is 3.11. The summed E-state index contributed by atoms with van der Waals surface area (Å²) in [6.45, 7) is 0. The van der Waals surface area contributed by atoms with Crippen LogP contribution in [0.5, 0.6) is 5.75 Å². The molecule has 2 aromatic rings. The second kappa shape index (κ2) is 6.98. The molecule has 0 aliphatic rings. The molecule has 0 bridgehead atoms. The highest BCUT2D eigenvalue weighted by Crippen LogP contribution is 2.20. The highest BCUT2D eigenvalue weighted by Gasteiger charge is 2.15. The molecule has 0 radical (unpaired) electrons. The Morgan fingerprint density at radius 3 is 2.36 bits per heavy atom. The van der Waals surface area contributed by atoms with E-state index in [1.165, 1.54) is 0 Å². The minimum Gasteiger partial charge on any atom is -0.497 e. The van der Waals surface area contributed by atoms with Gasteiger partial charge in [0.1, 0.15) is 5.75 Å². The number of carbonyl (C=O) groups excluding carboxylic acids is 1. The van der Waals surface area contributed by atoms with Crippen LogP contribution < -0.4 is 10.1 Å². The van der Waals surface area contributed by atoms with Gasteiger partial charge in [0.25, 0.3) is 0 Å². The van der Waals surface area contributed by atoms with E-state index in [9.17, 15) is 18.0 Å². The van der Waals surface area contributed by atoms with E-state index < -0.39 is 23.4 Å². The van der Waals surface area contributed by atoms with Gasteiger partial charge in [0.2, 0.25) is 5.91 Å². The third kappa shape index (κ3) is 3.78. The minimum atomic E-state index is -1.60. The van der Waals surface area contributed by atoms with Crippen LogP contribution in [0.1, 0.15) is 12.0 Å². The molecule has 0 aliphatic carbocycles. The number of anilines is 1. The van der Waals surface area contributed by atoms with Gasteiger partial charge in [-0.25, -0.2) is 13.2 Å². The van der Waals surface area contributed by atoms with Crippen molar-refractivity contribution in [2.45, 2.75) is 12.8 Å². The molecule has 1 N–H and O–H groups in total. The first-order valence-electron chi connectivity index (χ1n) is 6.57. The molecule has 0 heterocycles. The highest BCUT2D eigenvalue weighted by atomic mass is 19.2. The van der Waals surface area contributed by atoms with Gasteiger partial charge in [-0.3, -0.25) is 4.79 Å². The fourth-order valence-corrected chi connectivity index (χ4v) is 1.89. The summed E-state index contributed by atoms with van der Waals surface area (Å²) >= 11 is 0. The van der Waals surface area contributed by atoms with Crippen molar-refractivity contribution in [2.24, 2.45) is 0 Å². The van der Waals surface area contributed by atoms with E-state index in [1.807, 2.05) is 12.1 Å². The van der Waals surface area contributed by atoms with Crippen LogP contribution in [0.3, 0.4) is 0 Å². The first kappa shape index (κ1) is 15.9. The second-order valence-electron chi connectivity index (χ2n) is 4.62. The van der Waals surface area contributed by atoms with Gasteiger partial charge in [-0.05, 0) is 36.2 Å². The van der Waals surface area contributed by atoms with Crippen LogP contribution in [0.2, 0.25) is 0 Å². The van der Waals surface area contributed by atoms with Crippen LogP contribution in [0.4, 0.5) is 18.9 Å². The number of rotatable bonds is 5. The van der Waals surface area contributed by atoms with Gasteiger partial charge in [0, 0.05) is 6.42 Å². The number of methoxy groups -OCH3 is 1. The molecule has 116 valence electrons. The number of carbonyl (C=O) groups is 1. The average molecular weight is 309 g/mol. The van der Waals surface area contributed by atoms with Crippen molar-refractivity contribution in [2.75, 3.05) is 12.4 Å². The Balaban J connectivity index is 1.94. The maximum absolute atomic E-state index is 13.4. The SMILES string of the molecule is COc1ccc(CCC(=O)Nc2ccc(F)c(F)c2F)cc1. The number of nitrogens with one attached hydrogen (secondary N) is 1. The van der Waals surface area contributed by atoms with Gasteiger partial charge in [-0.2, -0.15) is 0 Å². The lowest BCUT2D eigenvalue weighted by atomic mass is 10.1. The van der Waals surface area contributed by atoms with Gasteiger partial charge in [-0.15, -0.1) is 0 Å². The molecule has 0 fully saturated rings. The van der Waals surface area contributed by atoms with E-state index in [0.29, 0.717) is 12.2 Å². The largest absolute Gasteiger partial charge is 0.497 e. The Hall–Kier alpha value is -2.50. The molecule has 22 heavy (non-hydrogen) atoms. The van der Waals surface area contributed by atoms with E-state index in [-0.39, 0.29) is 12.1 Å². The molecule has 6 heteroatoms. The first-order valence-corrected chi connectivity index (χ1v) is 6.57. The normalized spacial score (nSPS) is 10.4. The molecule has 0 aliphatic heterocycles. The molecular weight excluding hydrogens is 295 g/mol. The van der Waals surface area contributed by atoms with Crippen molar-refractivity contribution in [3.63, 3.8) is 0 Å². The maximum Gasteiger partial charge on any atom is 0.224 e. The van der Waals surface area contributed by atoms with Crippen LogP contribution in [-0.2, 0) is 11.2 Å². The Bertz CT molecular complexity index is 672. The van der Waals surface area contributed by atoms with E-state index in [2.05, 4.69) is 5.32 Å². The number of halogens is 3. The Morgan fingerprint density at radius 2 is 1.73 bits per heavy atom. The lowest BCUT2D eigenvalue weighted by Gasteiger charge is -2.07. The number of aryl methyl sites for hydroxylation is 1. The molecular formula is C16H14F3NO2. The number of amides is 1. The molecule has 0 atom stereocenters. The molecule has 0 saturated carbocycles. The number of benzene rings is 2. The lowest BCUT2D eigenvalue weighted by Crippen LogP contribution is -2.14. The van der Waals surface area contributed by atoms with Crippen molar-refractivity contribution in [3.05, 3.63) is 59.4 Å². The molecule has 3 nitrogen and oxygen atoms in total. The Kier molecular flexibility index (Phi) is 5.04. The second-order valence-corrected chi connectivity index (χ2v) is 4.62. The quantitative estimate of drug-likeness (QED) is 0.856. The van der Waals surface area contributed by atoms with Gasteiger partial charge in [0.05, 0.1) is 12.8 Å². The fourth-order valence-electron chi connectivity index (χ4n) is 1.89. The summed E-state index contributed by atoms with van der Waals surface area (Å²) in [5.41, 5.74) is 0.528. The molecule has 0 unspecified atom stereocenters. The number of hydrogen-bond donors (Lipinski definition) is 1. The summed E-state index contributed by atoms with van der Waals surface area (Å²) < 4.78 is 44.3. The molecule has 0 spiro atoms. The van der Waals surface area contributed by atoms with E-state index >= 15 is 0 Å². The van der Waals surface area contributed by atoms with Crippen molar-refractivity contribution in [1.82, 2.24) is 0 Å². The van der Waals surface area contributed by atoms with Crippen molar-refractivity contribution in [1.29, 1.82) is 0 Å².